The Morgan fingerprint density at radius 2 is 2.23 bits per heavy atom. The van der Waals surface area contributed by atoms with Gasteiger partial charge in [0.15, 0.2) is 0 Å². The van der Waals surface area contributed by atoms with Crippen LogP contribution >= 0.6 is 11.8 Å². The van der Waals surface area contributed by atoms with Crippen LogP contribution in [0.25, 0.3) is 0 Å². The fourth-order valence-corrected chi connectivity index (χ4v) is 1.85. The molecule has 0 radical (unpaired) electrons. The molecule has 0 aromatic rings. The Labute approximate surface area is 82.5 Å². The summed E-state index contributed by atoms with van der Waals surface area (Å²) in [6.07, 6.45) is 2.23. The van der Waals surface area contributed by atoms with Gasteiger partial charge in [-0.1, -0.05) is 6.58 Å². The Kier molecular flexibility index (Phi) is 5.27. The number of sulfone groups is 1. The smallest absolute Gasteiger partial charge is 0.267 e. The predicted molar refractivity (Wildman–Crippen MR) is 55.1 cm³/mol. The first-order valence-corrected chi connectivity index (χ1v) is 6.55. The van der Waals surface area contributed by atoms with Gasteiger partial charge in [-0.15, -0.1) is 0 Å². The van der Waals surface area contributed by atoms with Crippen molar-refractivity contribution in [1.82, 2.24) is 0 Å². The molecular weight excluding hydrogens is 210 g/mol. The van der Waals surface area contributed by atoms with Crippen molar-refractivity contribution in [1.29, 1.82) is 0 Å². The molecular formula is C7H13NO3S2. The highest BCUT2D eigenvalue weighted by molar-refractivity contribution is 8.08. The van der Waals surface area contributed by atoms with Crippen LogP contribution < -0.4 is 5.73 Å². The molecule has 0 aliphatic carbocycles. The molecule has 0 heterocycles. The van der Waals surface area contributed by atoms with E-state index in [4.69, 9.17) is 5.73 Å². The van der Waals surface area contributed by atoms with Crippen molar-refractivity contribution in [2.45, 2.75) is 12.5 Å². The van der Waals surface area contributed by atoms with Gasteiger partial charge in [-0.3, -0.25) is 4.79 Å². The van der Waals surface area contributed by atoms with Gasteiger partial charge >= 0.3 is 0 Å². The highest BCUT2D eigenvalue weighted by Crippen LogP contribution is 2.04. The molecule has 0 saturated carbocycles. The lowest BCUT2D eigenvalue weighted by molar-refractivity contribution is -0.112. The Bertz CT molecular complexity index is 284. The quantitative estimate of drug-likeness (QED) is 0.718. The monoisotopic (exact) mass is 223 g/mol. The first-order chi connectivity index (χ1) is 5.95. The maximum Gasteiger partial charge on any atom is 0.267 e. The van der Waals surface area contributed by atoms with E-state index in [9.17, 15) is 13.2 Å². The third kappa shape index (κ3) is 3.93. The zero-order valence-electron chi connectivity index (χ0n) is 7.39. The van der Waals surface area contributed by atoms with Crippen LogP contribution in [0.15, 0.2) is 12.0 Å². The van der Waals surface area contributed by atoms with Crippen molar-refractivity contribution in [2.75, 3.05) is 12.0 Å². The molecule has 2 N–H and O–H groups in total. The molecule has 0 saturated heterocycles. The summed E-state index contributed by atoms with van der Waals surface area (Å²) >= 11 is 1.51. The van der Waals surface area contributed by atoms with E-state index in [-0.39, 0.29) is 0 Å². The van der Waals surface area contributed by atoms with E-state index < -0.39 is 21.0 Å². The van der Waals surface area contributed by atoms with Crippen LogP contribution in [0.3, 0.4) is 0 Å². The fraction of sp³-hybridized carbons (Fsp3) is 0.571. The molecule has 0 spiro atoms. The normalized spacial score (nSPS) is 13.7. The van der Waals surface area contributed by atoms with Crippen molar-refractivity contribution in [3.8, 4) is 0 Å². The average molecular weight is 223 g/mol. The van der Waals surface area contributed by atoms with Crippen LogP contribution in [-0.4, -0.2) is 31.6 Å². The highest BCUT2D eigenvalue weighted by atomic mass is 32.2. The van der Waals surface area contributed by atoms with Gasteiger partial charge in [0.1, 0.15) is 0 Å². The van der Waals surface area contributed by atoms with Gasteiger partial charge in [0, 0.05) is 5.41 Å². The minimum absolute atomic E-state index is 0.368. The number of carbonyl (C=O) groups excluding carboxylic acids is 1. The number of hydrogen-bond acceptors (Lipinski definition) is 5. The van der Waals surface area contributed by atoms with Crippen molar-refractivity contribution in [3.63, 3.8) is 0 Å². The van der Waals surface area contributed by atoms with Gasteiger partial charge in [0.05, 0.1) is 6.04 Å². The highest BCUT2D eigenvalue weighted by Gasteiger charge is 2.24. The summed E-state index contributed by atoms with van der Waals surface area (Å²) in [6, 6.07) is -0.935. The lowest BCUT2D eigenvalue weighted by Crippen LogP contribution is -2.35. The summed E-state index contributed by atoms with van der Waals surface area (Å²) in [5, 5.41) is -0.314. The van der Waals surface area contributed by atoms with Crippen molar-refractivity contribution >= 4 is 26.7 Å². The number of thioether (sulfide) groups is 1. The van der Waals surface area contributed by atoms with E-state index in [2.05, 4.69) is 6.58 Å². The van der Waals surface area contributed by atoms with E-state index in [0.717, 1.165) is 0 Å². The Hall–Kier alpha value is -0.330. The second-order valence-corrected chi connectivity index (χ2v) is 5.23. The van der Waals surface area contributed by atoms with Crippen LogP contribution in [0, 0.1) is 0 Å². The molecule has 0 bridgehead atoms. The molecule has 0 fully saturated rings. The van der Waals surface area contributed by atoms with E-state index >= 15 is 0 Å². The summed E-state index contributed by atoms with van der Waals surface area (Å²) in [4.78, 5) is 11.1. The maximum absolute atomic E-state index is 11.1. The third-order valence-corrected chi connectivity index (χ3v) is 3.38. The Morgan fingerprint density at radius 3 is 2.62 bits per heavy atom. The lowest BCUT2D eigenvalue weighted by Gasteiger charge is -2.07. The summed E-state index contributed by atoms with van der Waals surface area (Å²) in [5.74, 6) is 0.666. The molecule has 1 atom stereocenters. The van der Waals surface area contributed by atoms with E-state index in [0.29, 0.717) is 17.6 Å². The Morgan fingerprint density at radius 1 is 1.69 bits per heavy atom. The van der Waals surface area contributed by atoms with Gasteiger partial charge in [-0.05, 0) is 18.4 Å². The number of rotatable bonds is 5. The lowest BCUT2D eigenvalue weighted by atomic mass is 10.3. The first kappa shape index (κ1) is 12.7. The number of nitrogens with two attached hydrogens (primary N) is 1. The summed E-state index contributed by atoms with van der Waals surface area (Å²) in [6.45, 7) is 3.05. The van der Waals surface area contributed by atoms with Gasteiger partial charge < -0.3 is 5.73 Å². The molecule has 0 aliphatic rings. The largest absolute Gasteiger partial charge is 0.321 e. The zero-order valence-corrected chi connectivity index (χ0v) is 9.03. The predicted octanol–water partition coefficient (Wildman–Crippen LogP) is 0.152. The van der Waals surface area contributed by atoms with E-state index in [1.54, 1.807) is 0 Å². The number of carbonyl (C=O) groups is 1. The molecule has 0 aromatic carbocycles. The first-order valence-electron chi connectivity index (χ1n) is 3.61. The van der Waals surface area contributed by atoms with E-state index in [1.807, 2.05) is 6.26 Å². The standard InChI is InChI=1S/C7H13NO3S2/c1-3-13(10,11)7(9)6(8)4-5-12-2/h3,6H,1,4-5,8H2,2H3/t6-/m0/s1. The molecule has 0 rings (SSSR count). The second kappa shape index (κ2) is 5.41. The summed E-state index contributed by atoms with van der Waals surface area (Å²) in [7, 11) is -3.84. The summed E-state index contributed by atoms with van der Waals surface area (Å²) in [5.41, 5.74) is 5.38. The van der Waals surface area contributed by atoms with Gasteiger partial charge in [0.2, 0.25) is 9.84 Å². The van der Waals surface area contributed by atoms with Gasteiger partial charge in [-0.25, -0.2) is 8.42 Å². The SMILES string of the molecule is C=CS(=O)(=O)C(=O)[C@@H](N)CCSC. The molecule has 0 unspecified atom stereocenters. The minimum atomic E-state index is -3.84. The molecule has 13 heavy (non-hydrogen) atoms. The maximum atomic E-state index is 11.1. The molecule has 6 heteroatoms. The van der Waals surface area contributed by atoms with E-state index in [1.165, 1.54) is 11.8 Å². The van der Waals surface area contributed by atoms with Crippen LogP contribution in [0.2, 0.25) is 0 Å². The third-order valence-electron chi connectivity index (χ3n) is 1.44. The van der Waals surface area contributed by atoms with Crippen molar-refractivity contribution in [2.24, 2.45) is 5.73 Å². The summed E-state index contributed by atoms with van der Waals surface area (Å²) < 4.78 is 21.9. The van der Waals surface area contributed by atoms with Crippen LogP contribution in [0.5, 0.6) is 0 Å². The molecule has 0 aromatic heterocycles. The topological polar surface area (TPSA) is 77.2 Å². The van der Waals surface area contributed by atoms with Gasteiger partial charge in [-0.2, -0.15) is 11.8 Å². The van der Waals surface area contributed by atoms with Crippen LogP contribution in [-0.2, 0) is 14.6 Å². The van der Waals surface area contributed by atoms with Crippen LogP contribution in [0.1, 0.15) is 6.42 Å². The molecule has 0 aliphatic heterocycles. The number of hydrogen-bond donors (Lipinski definition) is 1. The minimum Gasteiger partial charge on any atom is -0.321 e. The second-order valence-electron chi connectivity index (χ2n) is 2.42. The Balaban J connectivity index is 4.35. The zero-order chi connectivity index (χ0) is 10.5. The average Bonchev–Trinajstić information content (AvgIpc) is 2.12. The molecule has 76 valence electrons. The van der Waals surface area contributed by atoms with Gasteiger partial charge in [0.25, 0.3) is 5.12 Å². The molecule has 0 amide bonds. The van der Waals surface area contributed by atoms with Crippen LogP contribution in [0.4, 0.5) is 0 Å². The van der Waals surface area contributed by atoms with Crippen molar-refractivity contribution in [3.05, 3.63) is 12.0 Å². The molecule has 4 nitrogen and oxygen atoms in total. The van der Waals surface area contributed by atoms with Crippen molar-refractivity contribution < 1.29 is 13.2 Å². The fourth-order valence-electron chi connectivity index (χ4n) is 0.656.